The molecular formula is C5H10O4. The van der Waals surface area contributed by atoms with Gasteiger partial charge in [-0.3, -0.25) is 0 Å². The first-order valence-corrected chi connectivity index (χ1v) is 2.47. The van der Waals surface area contributed by atoms with Crippen LogP contribution in [0.3, 0.4) is 0 Å². The summed E-state index contributed by atoms with van der Waals surface area (Å²) in [5.74, 6) is -0.670. The highest BCUT2D eigenvalue weighted by atomic mass is 16.5. The Morgan fingerprint density at radius 3 is 2.56 bits per heavy atom. The van der Waals surface area contributed by atoms with Gasteiger partial charge >= 0.3 is 5.97 Å². The van der Waals surface area contributed by atoms with Crippen molar-refractivity contribution in [2.75, 3.05) is 20.8 Å². The van der Waals surface area contributed by atoms with Gasteiger partial charge in [0.2, 0.25) is 0 Å². The lowest BCUT2D eigenvalue weighted by atomic mass is 10.4. The molecule has 0 amide bonds. The maximum atomic E-state index is 10.3. The Morgan fingerprint density at radius 1 is 1.67 bits per heavy atom. The van der Waals surface area contributed by atoms with Gasteiger partial charge in [0.25, 0.3) is 0 Å². The molecule has 1 N–H and O–H groups in total. The number of esters is 1. The molecule has 0 bridgehead atoms. The van der Waals surface area contributed by atoms with E-state index in [0.717, 1.165) is 0 Å². The molecular weight excluding hydrogens is 124 g/mol. The van der Waals surface area contributed by atoms with Crippen molar-refractivity contribution in [3.8, 4) is 0 Å². The Hall–Kier alpha value is -0.610. The van der Waals surface area contributed by atoms with Crippen molar-refractivity contribution in [1.29, 1.82) is 0 Å². The van der Waals surface area contributed by atoms with Crippen molar-refractivity contribution in [3.63, 3.8) is 0 Å². The molecule has 0 aliphatic carbocycles. The van der Waals surface area contributed by atoms with E-state index in [0.29, 0.717) is 0 Å². The summed E-state index contributed by atoms with van der Waals surface area (Å²) in [7, 11) is 2.60. The third-order valence-electron chi connectivity index (χ3n) is 0.798. The van der Waals surface area contributed by atoms with Crippen LogP contribution in [0.2, 0.25) is 0 Å². The van der Waals surface area contributed by atoms with Crippen molar-refractivity contribution in [1.82, 2.24) is 0 Å². The summed E-state index contributed by atoms with van der Waals surface area (Å²) in [6, 6.07) is 0. The zero-order chi connectivity index (χ0) is 7.28. The molecule has 0 unspecified atom stereocenters. The molecule has 9 heavy (non-hydrogen) atoms. The Balaban J connectivity index is 3.45. The monoisotopic (exact) mass is 134 g/mol. The van der Waals surface area contributed by atoms with E-state index >= 15 is 0 Å². The maximum Gasteiger partial charge on any atom is 0.337 e. The van der Waals surface area contributed by atoms with E-state index in [1.54, 1.807) is 0 Å². The van der Waals surface area contributed by atoms with Gasteiger partial charge in [0.1, 0.15) is 0 Å². The molecule has 1 atom stereocenters. The highest BCUT2D eigenvalue weighted by Crippen LogP contribution is 1.85. The van der Waals surface area contributed by atoms with Crippen LogP contribution in [-0.4, -0.2) is 38.0 Å². The topological polar surface area (TPSA) is 55.8 Å². The smallest absolute Gasteiger partial charge is 0.337 e. The van der Waals surface area contributed by atoms with Crippen LogP contribution in [-0.2, 0) is 14.3 Å². The van der Waals surface area contributed by atoms with Gasteiger partial charge in [0.15, 0.2) is 6.10 Å². The van der Waals surface area contributed by atoms with E-state index in [2.05, 4.69) is 9.47 Å². The average molecular weight is 134 g/mol. The molecule has 0 spiro atoms. The molecule has 0 rings (SSSR count). The normalized spacial score (nSPS) is 12.8. The van der Waals surface area contributed by atoms with E-state index in [4.69, 9.17) is 5.11 Å². The van der Waals surface area contributed by atoms with E-state index < -0.39 is 12.1 Å². The fraction of sp³-hybridized carbons (Fsp3) is 0.800. The van der Waals surface area contributed by atoms with Gasteiger partial charge in [-0.2, -0.15) is 0 Å². The number of hydrogen-bond donors (Lipinski definition) is 1. The number of rotatable bonds is 3. The molecule has 0 aliphatic heterocycles. The van der Waals surface area contributed by atoms with Crippen LogP contribution in [0.15, 0.2) is 0 Å². The van der Waals surface area contributed by atoms with Gasteiger partial charge in [-0.05, 0) is 0 Å². The van der Waals surface area contributed by atoms with E-state index in [9.17, 15) is 4.79 Å². The van der Waals surface area contributed by atoms with Gasteiger partial charge in [0.05, 0.1) is 13.7 Å². The second kappa shape index (κ2) is 4.29. The van der Waals surface area contributed by atoms with Crippen molar-refractivity contribution in [3.05, 3.63) is 0 Å². The second-order valence-corrected chi connectivity index (χ2v) is 1.49. The lowest BCUT2D eigenvalue weighted by Gasteiger charge is -2.04. The van der Waals surface area contributed by atoms with Crippen molar-refractivity contribution >= 4 is 5.97 Å². The number of ether oxygens (including phenoxy) is 2. The summed E-state index contributed by atoms with van der Waals surface area (Å²) >= 11 is 0. The Morgan fingerprint density at radius 2 is 2.22 bits per heavy atom. The zero-order valence-corrected chi connectivity index (χ0v) is 5.46. The SMILES string of the molecule is COC[C@H](O)C(=O)OC. The largest absolute Gasteiger partial charge is 0.467 e. The quantitative estimate of drug-likeness (QED) is 0.512. The summed E-state index contributed by atoms with van der Waals surface area (Å²) in [6.45, 7) is -0.0212. The maximum absolute atomic E-state index is 10.3. The Kier molecular flexibility index (Phi) is 4.00. The van der Waals surface area contributed by atoms with Crippen molar-refractivity contribution in [2.24, 2.45) is 0 Å². The van der Waals surface area contributed by atoms with Crippen LogP contribution in [0.1, 0.15) is 0 Å². The minimum atomic E-state index is -1.15. The standard InChI is InChI=1S/C5H10O4/c1-8-3-4(6)5(7)9-2/h4,6H,3H2,1-2H3/t4-/m0/s1. The number of aliphatic hydroxyl groups is 1. The van der Waals surface area contributed by atoms with E-state index in [-0.39, 0.29) is 6.61 Å². The highest BCUT2D eigenvalue weighted by Gasteiger charge is 2.13. The first-order chi connectivity index (χ1) is 4.22. The zero-order valence-electron chi connectivity index (χ0n) is 5.46. The van der Waals surface area contributed by atoms with E-state index in [1.165, 1.54) is 14.2 Å². The predicted octanol–water partition coefficient (Wildman–Crippen LogP) is -0.833. The number of carbonyl (C=O) groups is 1. The van der Waals surface area contributed by atoms with Crippen LogP contribution < -0.4 is 0 Å². The summed E-state index contributed by atoms with van der Waals surface area (Å²) in [5, 5.41) is 8.72. The lowest BCUT2D eigenvalue weighted by molar-refractivity contribution is -0.152. The number of hydrogen-bond acceptors (Lipinski definition) is 4. The summed E-state index contributed by atoms with van der Waals surface area (Å²) in [6.07, 6.45) is -1.15. The van der Waals surface area contributed by atoms with Crippen molar-refractivity contribution in [2.45, 2.75) is 6.10 Å². The summed E-state index contributed by atoms with van der Waals surface area (Å²) in [4.78, 5) is 10.3. The molecule has 0 aliphatic rings. The average Bonchev–Trinajstić information content (AvgIpc) is 1.87. The fourth-order valence-corrected chi connectivity index (χ4v) is 0.362. The molecule has 0 saturated carbocycles. The minimum absolute atomic E-state index is 0.0212. The molecule has 0 heterocycles. The van der Waals surface area contributed by atoms with Gasteiger partial charge in [-0.1, -0.05) is 0 Å². The summed E-state index contributed by atoms with van der Waals surface area (Å²) in [5.41, 5.74) is 0. The lowest BCUT2D eigenvalue weighted by Crippen LogP contribution is -2.26. The van der Waals surface area contributed by atoms with Gasteiger partial charge in [-0.15, -0.1) is 0 Å². The predicted molar refractivity (Wildman–Crippen MR) is 29.9 cm³/mol. The molecule has 4 nitrogen and oxygen atoms in total. The van der Waals surface area contributed by atoms with Gasteiger partial charge < -0.3 is 14.6 Å². The first kappa shape index (κ1) is 8.39. The highest BCUT2D eigenvalue weighted by molar-refractivity contribution is 5.74. The van der Waals surface area contributed by atoms with Crippen molar-refractivity contribution < 1.29 is 19.4 Å². The van der Waals surface area contributed by atoms with Crippen LogP contribution in [0.25, 0.3) is 0 Å². The third-order valence-corrected chi connectivity index (χ3v) is 0.798. The molecule has 0 radical (unpaired) electrons. The third kappa shape index (κ3) is 3.05. The molecule has 54 valence electrons. The molecule has 0 saturated heterocycles. The Bertz CT molecular complexity index is 91.0. The van der Waals surface area contributed by atoms with Gasteiger partial charge in [0, 0.05) is 7.11 Å². The second-order valence-electron chi connectivity index (χ2n) is 1.49. The van der Waals surface area contributed by atoms with Crippen LogP contribution in [0.4, 0.5) is 0 Å². The van der Waals surface area contributed by atoms with Crippen LogP contribution >= 0.6 is 0 Å². The molecule has 0 aromatic rings. The molecule has 4 heteroatoms. The number of carbonyl (C=O) groups excluding carboxylic acids is 1. The number of methoxy groups -OCH3 is 2. The molecule has 0 fully saturated rings. The number of aliphatic hydroxyl groups excluding tert-OH is 1. The molecule has 0 aromatic carbocycles. The van der Waals surface area contributed by atoms with E-state index in [1.807, 2.05) is 0 Å². The first-order valence-electron chi connectivity index (χ1n) is 2.47. The minimum Gasteiger partial charge on any atom is -0.467 e. The summed E-state index contributed by atoms with van der Waals surface area (Å²) < 4.78 is 8.67. The molecule has 0 aromatic heterocycles. The Labute approximate surface area is 53.4 Å². The fourth-order valence-electron chi connectivity index (χ4n) is 0.362. The van der Waals surface area contributed by atoms with Gasteiger partial charge in [-0.25, -0.2) is 4.79 Å². The van der Waals surface area contributed by atoms with Crippen LogP contribution in [0, 0.1) is 0 Å². The van der Waals surface area contributed by atoms with Crippen LogP contribution in [0.5, 0.6) is 0 Å².